The molecule has 0 fully saturated rings. The van der Waals surface area contributed by atoms with Crippen molar-refractivity contribution in [1.82, 2.24) is 0 Å². The van der Waals surface area contributed by atoms with E-state index < -0.39 is 17.6 Å². The number of alkyl halides is 3. The van der Waals surface area contributed by atoms with Crippen LogP contribution < -0.4 is 10.1 Å². The second-order valence-corrected chi connectivity index (χ2v) is 6.33. The van der Waals surface area contributed by atoms with E-state index in [1.54, 1.807) is 24.3 Å². The van der Waals surface area contributed by atoms with Gasteiger partial charge in [0.25, 0.3) is 5.91 Å². The summed E-state index contributed by atoms with van der Waals surface area (Å²) in [6, 6.07) is 18.9. The fourth-order valence-electron chi connectivity index (χ4n) is 2.53. The summed E-state index contributed by atoms with van der Waals surface area (Å²) in [6.45, 7) is 2.34. The Kier molecular flexibility index (Phi) is 5.68. The molecule has 144 valence electrons. The minimum atomic E-state index is -4.46. The molecule has 1 amide bonds. The number of amides is 1. The Hall–Kier alpha value is -3.28. The maximum Gasteiger partial charge on any atom is 0.416 e. The van der Waals surface area contributed by atoms with Gasteiger partial charge in [-0.05, 0) is 55.0 Å². The maximum absolute atomic E-state index is 12.8. The number of hydrogen-bond donors (Lipinski definition) is 1. The summed E-state index contributed by atoms with van der Waals surface area (Å²) in [5.41, 5.74) is 1.64. The highest BCUT2D eigenvalue weighted by molar-refractivity contribution is 6.04. The Bertz CT molecular complexity index is 949. The number of benzene rings is 3. The zero-order valence-electron chi connectivity index (χ0n) is 15.1. The molecule has 0 aliphatic heterocycles. The van der Waals surface area contributed by atoms with Gasteiger partial charge in [0.2, 0.25) is 0 Å². The Morgan fingerprint density at radius 3 is 2.29 bits per heavy atom. The summed E-state index contributed by atoms with van der Waals surface area (Å²) in [6.07, 6.45) is -4.46. The Morgan fingerprint density at radius 1 is 0.964 bits per heavy atom. The van der Waals surface area contributed by atoms with Crippen LogP contribution in [-0.2, 0) is 12.8 Å². The number of anilines is 1. The molecule has 3 rings (SSSR count). The van der Waals surface area contributed by atoms with E-state index in [9.17, 15) is 18.0 Å². The van der Waals surface area contributed by atoms with Crippen LogP contribution in [0.4, 0.5) is 18.9 Å². The Balaban J connectivity index is 1.61. The molecule has 3 aromatic carbocycles. The molecule has 1 N–H and O–H groups in total. The topological polar surface area (TPSA) is 38.3 Å². The van der Waals surface area contributed by atoms with Gasteiger partial charge in [-0.25, -0.2) is 0 Å². The Morgan fingerprint density at radius 2 is 1.64 bits per heavy atom. The average Bonchev–Trinajstić information content (AvgIpc) is 2.67. The molecule has 0 spiro atoms. The van der Waals surface area contributed by atoms with Crippen molar-refractivity contribution in [2.75, 3.05) is 5.32 Å². The van der Waals surface area contributed by atoms with Crippen LogP contribution in [0.2, 0.25) is 0 Å². The van der Waals surface area contributed by atoms with Gasteiger partial charge in [0, 0.05) is 11.3 Å². The number of hydrogen-bond acceptors (Lipinski definition) is 2. The van der Waals surface area contributed by atoms with E-state index in [0.717, 1.165) is 29.0 Å². The second kappa shape index (κ2) is 8.17. The largest absolute Gasteiger partial charge is 0.489 e. The standard InChI is InChI=1S/C22H18F3NO2/c1-15-5-11-20(12-6-15)28-14-16-7-9-17(10-8-16)21(27)26-19-4-2-3-18(13-19)22(23,24)25/h2-13H,14H2,1H3,(H,26,27). The third-order valence-corrected chi connectivity index (χ3v) is 4.09. The number of rotatable bonds is 5. The molecule has 0 heterocycles. The summed E-state index contributed by atoms with van der Waals surface area (Å²) >= 11 is 0. The van der Waals surface area contributed by atoms with Crippen LogP contribution in [0.15, 0.2) is 72.8 Å². The van der Waals surface area contributed by atoms with Gasteiger partial charge in [-0.1, -0.05) is 35.9 Å². The number of nitrogens with one attached hydrogen (secondary N) is 1. The van der Waals surface area contributed by atoms with Crippen molar-refractivity contribution in [1.29, 1.82) is 0 Å². The van der Waals surface area contributed by atoms with E-state index in [0.29, 0.717) is 12.2 Å². The van der Waals surface area contributed by atoms with E-state index in [1.807, 2.05) is 31.2 Å². The molecular weight excluding hydrogens is 367 g/mol. The second-order valence-electron chi connectivity index (χ2n) is 6.33. The van der Waals surface area contributed by atoms with E-state index >= 15 is 0 Å². The first-order chi connectivity index (χ1) is 13.3. The van der Waals surface area contributed by atoms with Gasteiger partial charge < -0.3 is 10.1 Å². The molecule has 0 bridgehead atoms. The number of ether oxygens (including phenoxy) is 1. The molecule has 0 aromatic heterocycles. The number of aryl methyl sites for hydroxylation is 1. The van der Waals surface area contributed by atoms with E-state index in [1.165, 1.54) is 12.1 Å². The van der Waals surface area contributed by atoms with Gasteiger partial charge in [-0.3, -0.25) is 4.79 Å². The summed E-state index contributed by atoms with van der Waals surface area (Å²) < 4.78 is 44.0. The normalized spacial score (nSPS) is 11.1. The first-order valence-electron chi connectivity index (χ1n) is 8.58. The van der Waals surface area contributed by atoms with Crippen molar-refractivity contribution in [3.8, 4) is 5.75 Å². The number of carbonyl (C=O) groups is 1. The van der Waals surface area contributed by atoms with E-state index in [2.05, 4.69) is 5.32 Å². The average molecular weight is 385 g/mol. The quantitative estimate of drug-likeness (QED) is 0.599. The SMILES string of the molecule is Cc1ccc(OCc2ccc(C(=O)Nc3cccc(C(F)(F)F)c3)cc2)cc1. The lowest BCUT2D eigenvalue weighted by Crippen LogP contribution is -2.13. The van der Waals surface area contributed by atoms with Gasteiger partial charge >= 0.3 is 6.18 Å². The number of carbonyl (C=O) groups excluding carboxylic acids is 1. The third-order valence-electron chi connectivity index (χ3n) is 4.09. The van der Waals surface area contributed by atoms with Crippen LogP contribution >= 0.6 is 0 Å². The van der Waals surface area contributed by atoms with Crippen LogP contribution in [0.25, 0.3) is 0 Å². The lowest BCUT2D eigenvalue weighted by molar-refractivity contribution is -0.137. The van der Waals surface area contributed by atoms with Crippen LogP contribution in [0.5, 0.6) is 5.75 Å². The zero-order valence-corrected chi connectivity index (χ0v) is 15.1. The van der Waals surface area contributed by atoms with Crippen LogP contribution in [-0.4, -0.2) is 5.91 Å². The van der Waals surface area contributed by atoms with Gasteiger partial charge in [-0.2, -0.15) is 13.2 Å². The molecule has 3 aromatic rings. The zero-order chi connectivity index (χ0) is 20.1. The minimum absolute atomic E-state index is 0.0894. The highest BCUT2D eigenvalue weighted by Crippen LogP contribution is 2.30. The molecule has 0 atom stereocenters. The molecule has 0 unspecified atom stereocenters. The fourth-order valence-corrected chi connectivity index (χ4v) is 2.53. The van der Waals surface area contributed by atoms with Crippen LogP contribution in [0, 0.1) is 6.92 Å². The van der Waals surface area contributed by atoms with Gasteiger partial charge in [0.05, 0.1) is 5.56 Å². The van der Waals surface area contributed by atoms with Gasteiger partial charge in [0.1, 0.15) is 12.4 Å². The third kappa shape index (κ3) is 5.13. The van der Waals surface area contributed by atoms with Crippen LogP contribution in [0.3, 0.4) is 0 Å². The first-order valence-corrected chi connectivity index (χ1v) is 8.58. The van der Waals surface area contributed by atoms with Gasteiger partial charge in [-0.15, -0.1) is 0 Å². The molecule has 3 nitrogen and oxygen atoms in total. The van der Waals surface area contributed by atoms with E-state index in [-0.39, 0.29) is 5.69 Å². The predicted octanol–water partition coefficient (Wildman–Crippen LogP) is 5.85. The van der Waals surface area contributed by atoms with Crippen molar-refractivity contribution < 1.29 is 22.7 Å². The summed E-state index contributed by atoms with van der Waals surface area (Å²) in [5, 5.41) is 2.48. The molecule has 0 saturated heterocycles. The van der Waals surface area contributed by atoms with Crippen molar-refractivity contribution in [2.24, 2.45) is 0 Å². The minimum Gasteiger partial charge on any atom is -0.489 e. The molecule has 0 aliphatic carbocycles. The predicted molar refractivity (Wildman–Crippen MR) is 101 cm³/mol. The molecule has 0 aliphatic rings. The molecule has 0 radical (unpaired) electrons. The highest BCUT2D eigenvalue weighted by Gasteiger charge is 2.30. The van der Waals surface area contributed by atoms with Crippen LogP contribution in [0.1, 0.15) is 27.0 Å². The fraction of sp³-hybridized carbons (Fsp3) is 0.136. The summed E-state index contributed by atoms with van der Waals surface area (Å²) in [5.74, 6) is 0.266. The molecule has 6 heteroatoms. The lowest BCUT2D eigenvalue weighted by atomic mass is 10.1. The van der Waals surface area contributed by atoms with Crippen molar-refractivity contribution in [2.45, 2.75) is 19.7 Å². The van der Waals surface area contributed by atoms with Gasteiger partial charge in [0.15, 0.2) is 0 Å². The highest BCUT2D eigenvalue weighted by atomic mass is 19.4. The van der Waals surface area contributed by atoms with Crippen molar-refractivity contribution in [3.05, 3.63) is 95.1 Å². The Labute approximate surface area is 160 Å². The van der Waals surface area contributed by atoms with Crippen molar-refractivity contribution >= 4 is 11.6 Å². The summed E-state index contributed by atoms with van der Waals surface area (Å²) in [7, 11) is 0. The monoisotopic (exact) mass is 385 g/mol. The first kappa shape index (κ1) is 19.5. The molecule has 28 heavy (non-hydrogen) atoms. The lowest BCUT2D eigenvalue weighted by Gasteiger charge is -2.10. The maximum atomic E-state index is 12.8. The summed E-state index contributed by atoms with van der Waals surface area (Å²) in [4.78, 5) is 12.3. The van der Waals surface area contributed by atoms with E-state index in [4.69, 9.17) is 4.74 Å². The van der Waals surface area contributed by atoms with Crippen molar-refractivity contribution in [3.63, 3.8) is 0 Å². The smallest absolute Gasteiger partial charge is 0.416 e. The molecule has 0 saturated carbocycles. The number of halogens is 3. The molecular formula is C22H18F3NO2.